The normalized spacial score (nSPS) is 18.5. The molecule has 8 nitrogen and oxygen atoms in total. The summed E-state index contributed by atoms with van der Waals surface area (Å²) in [6.07, 6.45) is 2.66. The molecular formula is C23H25N7O. The van der Waals surface area contributed by atoms with Gasteiger partial charge in [-0.1, -0.05) is 5.92 Å². The summed E-state index contributed by atoms with van der Waals surface area (Å²) in [5, 5.41) is 9.15. The van der Waals surface area contributed by atoms with Gasteiger partial charge in [0, 0.05) is 38.5 Å². The maximum absolute atomic E-state index is 6.23. The third-order valence-corrected chi connectivity index (χ3v) is 5.99. The lowest BCUT2D eigenvalue weighted by molar-refractivity contribution is 0.172. The first-order valence-electron chi connectivity index (χ1n) is 10.3. The second-order valence-electron chi connectivity index (χ2n) is 8.01. The van der Waals surface area contributed by atoms with Gasteiger partial charge in [-0.25, -0.2) is 9.97 Å². The Labute approximate surface area is 180 Å². The minimum atomic E-state index is 0.216. The minimum absolute atomic E-state index is 0.216. The number of nitrogens with two attached hydrogens (primary N) is 1. The van der Waals surface area contributed by atoms with Crippen LogP contribution in [0.4, 0.5) is 5.82 Å². The second kappa shape index (κ2) is 7.69. The Morgan fingerprint density at radius 2 is 2.13 bits per heavy atom. The fourth-order valence-electron chi connectivity index (χ4n) is 4.32. The summed E-state index contributed by atoms with van der Waals surface area (Å²) in [5.41, 5.74) is 10.7. The zero-order chi connectivity index (χ0) is 21.5. The highest BCUT2D eigenvalue weighted by Crippen LogP contribution is 2.29. The summed E-state index contributed by atoms with van der Waals surface area (Å²) < 4.78 is 9.40. The van der Waals surface area contributed by atoms with Gasteiger partial charge in [0.2, 0.25) is 0 Å². The van der Waals surface area contributed by atoms with Crippen molar-refractivity contribution in [3.8, 4) is 11.8 Å². The number of rotatable bonds is 3. The number of hydrogen-bond acceptors (Lipinski definition) is 6. The fourth-order valence-corrected chi connectivity index (χ4v) is 4.32. The molecule has 1 aromatic carbocycles. The minimum Gasteiger partial charge on any atom is -0.383 e. The van der Waals surface area contributed by atoms with Crippen molar-refractivity contribution in [3.05, 3.63) is 47.5 Å². The molecule has 1 fully saturated rings. The molecule has 4 aromatic rings. The van der Waals surface area contributed by atoms with Gasteiger partial charge < -0.3 is 20.4 Å². The summed E-state index contributed by atoms with van der Waals surface area (Å²) in [7, 11) is 3.74. The highest BCUT2D eigenvalue weighted by molar-refractivity contribution is 5.93. The van der Waals surface area contributed by atoms with Gasteiger partial charge in [0.1, 0.15) is 17.3 Å². The number of nitrogens with one attached hydrogen (secondary N) is 1. The predicted molar refractivity (Wildman–Crippen MR) is 121 cm³/mol. The molecule has 0 amide bonds. The van der Waals surface area contributed by atoms with Crippen LogP contribution >= 0.6 is 0 Å². The van der Waals surface area contributed by atoms with Crippen molar-refractivity contribution in [3.63, 3.8) is 0 Å². The average molecular weight is 416 g/mol. The van der Waals surface area contributed by atoms with Crippen LogP contribution in [-0.4, -0.2) is 50.6 Å². The molecular weight excluding hydrogens is 390 g/mol. The highest BCUT2D eigenvalue weighted by Gasteiger charge is 2.28. The number of nitrogen functional groups attached to an aromatic ring is 1. The standard InChI is InChI=1S/C23H25N7O/c1-14-27-19-10-15(5-7-20(19)29(14)2)4-6-18-22-21(8-9-25-23(22)24)30(28-18)17-11-16(13-31-3)26-12-17/h5,7-10,16-17,26H,11-13H2,1-3H3,(H2,24,25)/t16-,17+/m1/s1. The van der Waals surface area contributed by atoms with E-state index in [4.69, 9.17) is 15.6 Å². The molecule has 1 aliphatic heterocycles. The predicted octanol–water partition coefficient (Wildman–Crippen LogP) is 2.16. The smallest absolute Gasteiger partial charge is 0.147 e. The van der Waals surface area contributed by atoms with E-state index >= 15 is 0 Å². The van der Waals surface area contributed by atoms with Crippen molar-refractivity contribution in [2.75, 3.05) is 26.0 Å². The molecule has 1 aliphatic rings. The van der Waals surface area contributed by atoms with Crippen molar-refractivity contribution in [1.82, 2.24) is 29.6 Å². The van der Waals surface area contributed by atoms with Gasteiger partial charge in [0.15, 0.2) is 0 Å². The molecule has 4 heterocycles. The molecule has 1 saturated heterocycles. The molecule has 5 rings (SSSR count). The lowest BCUT2D eigenvalue weighted by atomic mass is 10.1. The molecule has 0 aliphatic carbocycles. The van der Waals surface area contributed by atoms with Crippen LogP contribution in [0.25, 0.3) is 21.9 Å². The van der Waals surface area contributed by atoms with Crippen LogP contribution < -0.4 is 11.1 Å². The molecule has 158 valence electrons. The number of methoxy groups -OCH3 is 1. The Bertz CT molecular complexity index is 1340. The van der Waals surface area contributed by atoms with Gasteiger partial charge in [-0.15, -0.1) is 0 Å². The van der Waals surface area contributed by atoms with E-state index in [0.29, 0.717) is 24.2 Å². The van der Waals surface area contributed by atoms with Crippen LogP contribution in [0.5, 0.6) is 0 Å². The molecule has 3 aromatic heterocycles. The lowest BCUT2D eigenvalue weighted by Gasteiger charge is -2.11. The number of pyridine rings is 1. The molecule has 0 unspecified atom stereocenters. The maximum atomic E-state index is 6.23. The summed E-state index contributed by atoms with van der Waals surface area (Å²) in [4.78, 5) is 8.87. The number of ether oxygens (including phenoxy) is 1. The quantitative estimate of drug-likeness (QED) is 0.498. The van der Waals surface area contributed by atoms with E-state index in [1.165, 1.54) is 0 Å². The van der Waals surface area contributed by atoms with Crippen LogP contribution in [0.3, 0.4) is 0 Å². The van der Waals surface area contributed by atoms with Crippen molar-refractivity contribution in [1.29, 1.82) is 0 Å². The van der Waals surface area contributed by atoms with Crippen LogP contribution in [0.15, 0.2) is 30.5 Å². The summed E-state index contributed by atoms with van der Waals surface area (Å²) >= 11 is 0. The third-order valence-electron chi connectivity index (χ3n) is 5.99. The van der Waals surface area contributed by atoms with Gasteiger partial charge in [0.25, 0.3) is 0 Å². The first-order chi connectivity index (χ1) is 15.0. The zero-order valence-electron chi connectivity index (χ0n) is 17.9. The summed E-state index contributed by atoms with van der Waals surface area (Å²) in [6.45, 7) is 3.51. The number of anilines is 1. The van der Waals surface area contributed by atoms with E-state index in [1.54, 1.807) is 13.3 Å². The number of imidazole rings is 1. The Balaban J connectivity index is 1.54. The molecule has 0 saturated carbocycles. The third kappa shape index (κ3) is 3.42. The molecule has 3 N–H and O–H groups in total. The number of aryl methyl sites for hydroxylation is 2. The van der Waals surface area contributed by atoms with Crippen LogP contribution in [0.1, 0.15) is 29.5 Å². The van der Waals surface area contributed by atoms with E-state index in [2.05, 4.69) is 31.7 Å². The Hall–Kier alpha value is -3.41. The van der Waals surface area contributed by atoms with Crippen molar-refractivity contribution in [2.45, 2.75) is 25.4 Å². The molecule has 0 spiro atoms. The molecule has 8 heteroatoms. The second-order valence-corrected chi connectivity index (χ2v) is 8.01. The lowest BCUT2D eigenvalue weighted by Crippen LogP contribution is -2.25. The van der Waals surface area contributed by atoms with Crippen molar-refractivity contribution in [2.24, 2.45) is 7.05 Å². The molecule has 2 atom stereocenters. The Morgan fingerprint density at radius 1 is 1.26 bits per heavy atom. The SMILES string of the molecule is COC[C@H]1C[C@H](n2nc(C#Cc3ccc4c(c3)nc(C)n4C)c3c(N)nccc32)CN1. The van der Waals surface area contributed by atoms with Crippen molar-refractivity contribution < 1.29 is 4.74 Å². The Morgan fingerprint density at radius 3 is 2.97 bits per heavy atom. The molecule has 0 bridgehead atoms. The van der Waals surface area contributed by atoms with Gasteiger partial charge in [-0.05, 0) is 43.5 Å². The number of fused-ring (bicyclic) bond motifs is 2. The van der Waals surface area contributed by atoms with E-state index < -0.39 is 0 Å². The van der Waals surface area contributed by atoms with Gasteiger partial charge >= 0.3 is 0 Å². The number of hydrogen-bond donors (Lipinski definition) is 2. The maximum Gasteiger partial charge on any atom is 0.147 e. The first-order valence-corrected chi connectivity index (χ1v) is 10.3. The number of aromatic nitrogens is 5. The van der Waals surface area contributed by atoms with E-state index in [9.17, 15) is 0 Å². The first kappa shape index (κ1) is 19.5. The Kier molecular flexibility index (Phi) is 4.85. The van der Waals surface area contributed by atoms with Crippen LogP contribution in [0, 0.1) is 18.8 Å². The fraction of sp³-hybridized carbons (Fsp3) is 0.348. The number of benzene rings is 1. The number of nitrogens with zero attached hydrogens (tertiary/aromatic N) is 5. The van der Waals surface area contributed by atoms with E-state index in [1.807, 2.05) is 42.9 Å². The molecule has 31 heavy (non-hydrogen) atoms. The van der Waals surface area contributed by atoms with Gasteiger partial charge in [-0.3, -0.25) is 4.68 Å². The largest absolute Gasteiger partial charge is 0.383 e. The molecule has 0 radical (unpaired) electrons. The summed E-state index contributed by atoms with van der Waals surface area (Å²) in [6, 6.07) is 8.55. The van der Waals surface area contributed by atoms with Crippen molar-refractivity contribution >= 4 is 27.8 Å². The van der Waals surface area contributed by atoms with Gasteiger partial charge in [0.05, 0.1) is 34.6 Å². The highest BCUT2D eigenvalue weighted by atomic mass is 16.5. The summed E-state index contributed by atoms with van der Waals surface area (Å²) in [5.74, 6) is 7.89. The topological polar surface area (TPSA) is 95.8 Å². The monoisotopic (exact) mass is 415 g/mol. The van der Waals surface area contributed by atoms with E-state index in [-0.39, 0.29) is 6.04 Å². The van der Waals surface area contributed by atoms with Crippen LogP contribution in [0.2, 0.25) is 0 Å². The van der Waals surface area contributed by atoms with Gasteiger partial charge in [-0.2, -0.15) is 5.10 Å². The van der Waals surface area contributed by atoms with Crippen LogP contribution in [-0.2, 0) is 11.8 Å². The van der Waals surface area contributed by atoms with E-state index in [0.717, 1.165) is 46.3 Å². The average Bonchev–Trinajstić information content (AvgIpc) is 3.44. The zero-order valence-corrected chi connectivity index (χ0v) is 17.9.